The minimum atomic E-state index is -1.51. The van der Waals surface area contributed by atoms with E-state index < -0.39 is 54.8 Å². The summed E-state index contributed by atoms with van der Waals surface area (Å²) in [5, 5.41) is 38.4. The van der Waals surface area contributed by atoms with Gasteiger partial charge < -0.3 is 31.1 Å². The van der Waals surface area contributed by atoms with Crippen LogP contribution in [0.15, 0.2) is 0 Å². The molecule has 11 nitrogen and oxygen atoms in total. The topological polar surface area (TPSA) is 190 Å². The van der Waals surface area contributed by atoms with Crippen LogP contribution in [0.2, 0.25) is 0 Å². The quantitative estimate of drug-likeness (QED) is 0.290. The van der Waals surface area contributed by atoms with E-state index in [1.54, 1.807) is 0 Å². The van der Waals surface area contributed by atoms with Gasteiger partial charge in [0.25, 0.3) is 0 Å². The highest BCUT2D eigenvalue weighted by molar-refractivity contribution is 5.86. The average Bonchev–Trinajstić information content (AvgIpc) is 2.38. The number of carbonyl (C=O) groups is 5. The minimum Gasteiger partial charge on any atom is -0.481 e. The van der Waals surface area contributed by atoms with Gasteiger partial charge in [0.05, 0.1) is 0 Å². The van der Waals surface area contributed by atoms with Crippen LogP contribution in [0.4, 0.5) is 4.79 Å². The molecule has 6 N–H and O–H groups in total. The van der Waals surface area contributed by atoms with Crippen LogP contribution in [-0.2, 0) is 19.2 Å². The molecule has 0 aliphatic heterocycles. The van der Waals surface area contributed by atoms with Crippen LogP contribution < -0.4 is 10.6 Å². The molecule has 0 fully saturated rings. The third-order valence-electron chi connectivity index (χ3n) is 2.50. The zero-order chi connectivity index (χ0) is 17.3. The van der Waals surface area contributed by atoms with Crippen molar-refractivity contribution in [3.05, 3.63) is 0 Å². The number of urea groups is 1. The van der Waals surface area contributed by atoms with Crippen molar-refractivity contribution in [1.29, 1.82) is 0 Å². The van der Waals surface area contributed by atoms with Gasteiger partial charge in [0, 0.05) is 12.8 Å². The molecule has 2 amide bonds. The Hall–Kier alpha value is -2.85. The molecule has 0 aromatic heterocycles. The van der Waals surface area contributed by atoms with Crippen molar-refractivity contribution in [3.63, 3.8) is 0 Å². The van der Waals surface area contributed by atoms with Crippen LogP contribution in [0.3, 0.4) is 0 Å². The SMILES string of the molecule is O=C(O)CCC(NC(=O)NC(CCC(=O)O)C(=O)O)C(=O)O. The van der Waals surface area contributed by atoms with Crippen molar-refractivity contribution < 1.29 is 44.4 Å². The van der Waals surface area contributed by atoms with Crippen LogP contribution in [-0.4, -0.2) is 62.4 Å². The summed E-state index contributed by atoms with van der Waals surface area (Å²) in [5.74, 6) is -5.46. The predicted molar refractivity (Wildman–Crippen MR) is 68.3 cm³/mol. The van der Waals surface area contributed by atoms with E-state index in [0.717, 1.165) is 0 Å². The van der Waals surface area contributed by atoms with Gasteiger partial charge in [0.15, 0.2) is 0 Å². The molecule has 0 aliphatic carbocycles. The second kappa shape index (κ2) is 9.15. The second-order valence-corrected chi connectivity index (χ2v) is 4.26. The van der Waals surface area contributed by atoms with E-state index in [1.807, 2.05) is 10.6 Å². The lowest BCUT2D eigenvalue weighted by Gasteiger charge is -2.17. The van der Waals surface area contributed by atoms with Gasteiger partial charge in [-0.2, -0.15) is 0 Å². The average molecular weight is 320 g/mol. The third kappa shape index (κ3) is 8.35. The van der Waals surface area contributed by atoms with Crippen molar-refractivity contribution in [2.75, 3.05) is 0 Å². The largest absolute Gasteiger partial charge is 0.481 e. The normalized spacial score (nSPS) is 12.7. The summed E-state index contributed by atoms with van der Waals surface area (Å²) < 4.78 is 0. The molecule has 11 heteroatoms. The van der Waals surface area contributed by atoms with Gasteiger partial charge in [-0.1, -0.05) is 0 Å². The summed E-state index contributed by atoms with van der Waals surface area (Å²) in [4.78, 5) is 54.0. The highest BCUT2D eigenvalue weighted by atomic mass is 16.4. The molecule has 124 valence electrons. The molecule has 0 heterocycles. The van der Waals surface area contributed by atoms with E-state index in [1.165, 1.54) is 0 Å². The minimum absolute atomic E-state index is 0.384. The van der Waals surface area contributed by atoms with Crippen LogP contribution in [0.1, 0.15) is 25.7 Å². The number of hydrogen-bond donors (Lipinski definition) is 6. The monoisotopic (exact) mass is 320 g/mol. The number of rotatable bonds is 10. The summed E-state index contributed by atoms with van der Waals surface area (Å²) in [6.45, 7) is 0. The molecule has 0 spiro atoms. The van der Waals surface area contributed by atoms with E-state index in [0.29, 0.717) is 0 Å². The summed E-state index contributed by atoms with van der Waals surface area (Å²) in [5.41, 5.74) is 0. The van der Waals surface area contributed by atoms with Crippen LogP contribution in [0, 0.1) is 0 Å². The molecule has 0 saturated heterocycles. The summed E-state index contributed by atoms with van der Waals surface area (Å²) in [6.07, 6.45) is -1.77. The van der Waals surface area contributed by atoms with Gasteiger partial charge >= 0.3 is 29.9 Å². The number of carboxylic acids is 4. The smallest absolute Gasteiger partial charge is 0.326 e. The van der Waals surface area contributed by atoms with Gasteiger partial charge in [-0.3, -0.25) is 9.59 Å². The first-order chi connectivity index (χ1) is 10.1. The Morgan fingerprint density at radius 3 is 1.23 bits per heavy atom. The molecule has 0 aromatic rings. The Morgan fingerprint density at radius 2 is 1.00 bits per heavy atom. The fourth-order valence-corrected chi connectivity index (χ4v) is 1.41. The van der Waals surface area contributed by atoms with Crippen molar-refractivity contribution in [1.82, 2.24) is 10.6 Å². The van der Waals surface area contributed by atoms with E-state index in [-0.39, 0.29) is 12.8 Å². The van der Waals surface area contributed by atoms with Gasteiger partial charge in [0.1, 0.15) is 12.1 Å². The fourth-order valence-electron chi connectivity index (χ4n) is 1.41. The number of carboxylic acid groups (broad SMARTS) is 4. The fraction of sp³-hybridized carbons (Fsp3) is 0.545. The molecule has 0 radical (unpaired) electrons. The Balaban J connectivity index is 4.57. The van der Waals surface area contributed by atoms with E-state index in [2.05, 4.69) is 0 Å². The molecule has 0 bridgehead atoms. The number of hydrogen-bond acceptors (Lipinski definition) is 5. The maximum Gasteiger partial charge on any atom is 0.326 e. The Kier molecular flexibility index (Phi) is 7.97. The zero-order valence-corrected chi connectivity index (χ0v) is 11.3. The molecule has 0 aliphatic rings. The third-order valence-corrected chi connectivity index (χ3v) is 2.50. The number of nitrogens with one attached hydrogen (secondary N) is 2. The molecule has 0 aromatic carbocycles. The zero-order valence-electron chi connectivity index (χ0n) is 11.3. The van der Waals surface area contributed by atoms with Gasteiger partial charge in [-0.05, 0) is 12.8 Å². The van der Waals surface area contributed by atoms with Gasteiger partial charge in [-0.15, -0.1) is 0 Å². The van der Waals surface area contributed by atoms with Crippen molar-refractivity contribution >= 4 is 29.9 Å². The first kappa shape index (κ1) is 19.1. The standard InChI is InChI=1S/C11H16N2O9/c14-7(15)3-1-5(9(18)19)12-11(22)13-6(10(20)21)2-4-8(16)17/h5-6H,1-4H2,(H,14,15)(H,16,17)(H,18,19)(H,20,21)(H2,12,13,22). The molecule has 0 rings (SSSR count). The lowest BCUT2D eigenvalue weighted by Crippen LogP contribution is -2.51. The Bertz CT molecular complexity index is 422. The first-order valence-electron chi connectivity index (χ1n) is 6.09. The maximum atomic E-state index is 11.5. The van der Waals surface area contributed by atoms with E-state index in [4.69, 9.17) is 20.4 Å². The van der Waals surface area contributed by atoms with Crippen LogP contribution >= 0.6 is 0 Å². The lowest BCUT2D eigenvalue weighted by molar-refractivity contribution is -0.141. The number of aliphatic carboxylic acids is 4. The van der Waals surface area contributed by atoms with Crippen molar-refractivity contribution in [2.45, 2.75) is 37.8 Å². The van der Waals surface area contributed by atoms with Gasteiger partial charge in [-0.25, -0.2) is 14.4 Å². The predicted octanol–water partition coefficient (Wildman–Crippen LogP) is -1.08. The molecule has 2 atom stereocenters. The molecule has 0 saturated carbocycles. The van der Waals surface area contributed by atoms with Gasteiger partial charge in [0.2, 0.25) is 0 Å². The highest BCUT2D eigenvalue weighted by Gasteiger charge is 2.25. The highest BCUT2D eigenvalue weighted by Crippen LogP contribution is 2.01. The van der Waals surface area contributed by atoms with Crippen molar-refractivity contribution in [2.24, 2.45) is 0 Å². The molecule has 22 heavy (non-hydrogen) atoms. The number of amides is 2. The molecular weight excluding hydrogens is 304 g/mol. The molecule has 2 unspecified atom stereocenters. The van der Waals surface area contributed by atoms with E-state index in [9.17, 15) is 24.0 Å². The van der Waals surface area contributed by atoms with Crippen LogP contribution in [0.25, 0.3) is 0 Å². The summed E-state index contributed by atoms with van der Waals surface area (Å²) in [6, 6.07) is -4.16. The summed E-state index contributed by atoms with van der Waals surface area (Å²) >= 11 is 0. The first-order valence-corrected chi connectivity index (χ1v) is 6.09. The number of carbonyl (C=O) groups excluding carboxylic acids is 1. The lowest BCUT2D eigenvalue weighted by atomic mass is 10.1. The Morgan fingerprint density at radius 1 is 0.682 bits per heavy atom. The Labute approximate surface area is 123 Å². The second-order valence-electron chi connectivity index (χ2n) is 4.26. The van der Waals surface area contributed by atoms with Crippen LogP contribution in [0.5, 0.6) is 0 Å². The van der Waals surface area contributed by atoms with E-state index >= 15 is 0 Å². The summed E-state index contributed by atoms with van der Waals surface area (Å²) in [7, 11) is 0. The van der Waals surface area contributed by atoms with Crippen molar-refractivity contribution in [3.8, 4) is 0 Å². The molecular formula is C11H16N2O9. The maximum absolute atomic E-state index is 11.5.